The number of rotatable bonds is 7. The molecule has 0 fully saturated rings. The van der Waals surface area contributed by atoms with Crippen LogP contribution in [-0.4, -0.2) is 18.5 Å². The molecule has 28 heavy (non-hydrogen) atoms. The van der Waals surface area contributed by atoms with E-state index in [4.69, 9.17) is 9.15 Å². The molecular weight excluding hydrogens is 356 g/mol. The Morgan fingerprint density at radius 1 is 1.00 bits per heavy atom. The van der Waals surface area contributed by atoms with Crippen LogP contribution in [-0.2, 0) is 16.1 Å². The van der Waals surface area contributed by atoms with Crippen molar-refractivity contribution in [1.29, 1.82) is 0 Å². The maximum Gasteiger partial charge on any atom is 0.340 e. The maximum absolute atomic E-state index is 12.4. The molecule has 0 aliphatic heterocycles. The van der Waals surface area contributed by atoms with E-state index >= 15 is 0 Å². The van der Waals surface area contributed by atoms with E-state index in [2.05, 4.69) is 10.6 Å². The second-order valence-electron chi connectivity index (χ2n) is 6.40. The van der Waals surface area contributed by atoms with Crippen molar-refractivity contribution in [3.05, 3.63) is 83.3 Å². The lowest BCUT2D eigenvalue weighted by Crippen LogP contribution is -2.21. The fraction of sp³-hybridized carbons (Fsp3) is 0.182. The number of carbonyl (C=O) groups excluding carboxylic acids is 2. The third-order valence-corrected chi connectivity index (χ3v) is 4.31. The van der Waals surface area contributed by atoms with E-state index in [-0.39, 0.29) is 6.61 Å². The number of carbonyl (C=O) groups is 2. The molecule has 0 saturated carbocycles. The molecule has 0 aliphatic carbocycles. The van der Waals surface area contributed by atoms with Gasteiger partial charge in [0.25, 0.3) is 5.91 Å². The van der Waals surface area contributed by atoms with Crippen molar-refractivity contribution in [2.45, 2.75) is 20.4 Å². The second-order valence-corrected chi connectivity index (χ2v) is 6.40. The Bertz CT molecular complexity index is 964. The Hall–Kier alpha value is -3.54. The van der Waals surface area contributed by atoms with E-state index in [0.717, 1.165) is 16.9 Å². The van der Waals surface area contributed by atoms with Gasteiger partial charge < -0.3 is 19.8 Å². The molecule has 6 heteroatoms. The Kier molecular flexibility index (Phi) is 6.11. The quantitative estimate of drug-likeness (QED) is 0.599. The van der Waals surface area contributed by atoms with E-state index in [9.17, 15) is 9.59 Å². The zero-order valence-electron chi connectivity index (χ0n) is 15.8. The molecule has 144 valence electrons. The minimum Gasteiger partial charge on any atom is -0.467 e. The van der Waals surface area contributed by atoms with Crippen LogP contribution in [0.3, 0.4) is 0 Å². The molecule has 6 nitrogen and oxygen atoms in total. The summed E-state index contributed by atoms with van der Waals surface area (Å²) in [6.45, 7) is 4.04. The van der Waals surface area contributed by atoms with Crippen molar-refractivity contribution < 1.29 is 18.7 Å². The fourth-order valence-electron chi connectivity index (χ4n) is 2.64. The van der Waals surface area contributed by atoms with Gasteiger partial charge in [-0.15, -0.1) is 0 Å². The van der Waals surface area contributed by atoms with Gasteiger partial charge in [0, 0.05) is 11.4 Å². The van der Waals surface area contributed by atoms with Crippen molar-refractivity contribution in [3.63, 3.8) is 0 Å². The average Bonchev–Trinajstić information content (AvgIpc) is 3.21. The molecule has 1 amide bonds. The Balaban J connectivity index is 1.57. The topological polar surface area (TPSA) is 80.6 Å². The summed E-state index contributed by atoms with van der Waals surface area (Å²) in [5, 5.41) is 5.87. The van der Waals surface area contributed by atoms with E-state index in [1.54, 1.807) is 30.5 Å². The summed E-state index contributed by atoms with van der Waals surface area (Å²) in [6, 6.07) is 16.2. The van der Waals surface area contributed by atoms with Crippen LogP contribution >= 0.6 is 0 Å². The fourth-order valence-corrected chi connectivity index (χ4v) is 2.64. The van der Waals surface area contributed by atoms with Crippen LogP contribution in [0.1, 0.15) is 27.2 Å². The van der Waals surface area contributed by atoms with Crippen LogP contribution in [0.4, 0.5) is 11.4 Å². The van der Waals surface area contributed by atoms with Gasteiger partial charge in [-0.3, -0.25) is 4.79 Å². The molecular formula is C22H22N2O4. The molecule has 0 aliphatic rings. The van der Waals surface area contributed by atoms with Gasteiger partial charge >= 0.3 is 5.97 Å². The number of para-hydroxylation sites is 1. The zero-order chi connectivity index (χ0) is 19.9. The van der Waals surface area contributed by atoms with Gasteiger partial charge in [0.1, 0.15) is 5.76 Å². The highest BCUT2D eigenvalue weighted by Gasteiger charge is 2.14. The Labute approximate surface area is 163 Å². The first-order valence-electron chi connectivity index (χ1n) is 8.92. The normalized spacial score (nSPS) is 10.4. The number of esters is 1. The number of ether oxygens (including phenoxy) is 1. The van der Waals surface area contributed by atoms with Crippen LogP contribution in [0.2, 0.25) is 0 Å². The van der Waals surface area contributed by atoms with Crippen LogP contribution in [0, 0.1) is 13.8 Å². The standard InChI is InChI=1S/C22H22N2O4/c1-15-9-10-17(12-16(15)2)24-21(25)14-28-22(26)19-7-3-4-8-20(19)23-13-18-6-5-11-27-18/h3-12,23H,13-14H2,1-2H3,(H,24,25). The highest BCUT2D eigenvalue weighted by molar-refractivity contribution is 5.98. The summed E-state index contributed by atoms with van der Waals surface area (Å²) in [5.41, 5.74) is 3.85. The molecule has 2 aromatic carbocycles. The molecule has 0 bridgehead atoms. The predicted molar refractivity (Wildman–Crippen MR) is 107 cm³/mol. The number of anilines is 2. The molecule has 2 N–H and O–H groups in total. The second kappa shape index (κ2) is 8.90. The highest BCUT2D eigenvalue weighted by Crippen LogP contribution is 2.18. The lowest BCUT2D eigenvalue weighted by molar-refractivity contribution is -0.119. The minimum atomic E-state index is -0.571. The molecule has 0 spiro atoms. The maximum atomic E-state index is 12.4. The third kappa shape index (κ3) is 5.01. The SMILES string of the molecule is Cc1ccc(NC(=O)COC(=O)c2ccccc2NCc2ccco2)cc1C. The Morgan fingerprint density at radius 2 is 1.82 bits per heavy atom. The summed E-state index contributed by atoms with van der Waals surface area (Å²) in [7, 11) is 0. The lowest BCUT2D eigenvalue weighted by atomic mass is 10.1. The van der Waals surface area contributed by atoms with Crippen LogP contribution in [0.25, 0.3) is 0 Å². The van der Waals surface area contributed by atoms with Crippen LogP contribution in [0.5, 0.6) is 0 Å². The van der Waals surface area contributed by atoms with E-state index < -0.39 is 11.9 Å². The number of hydrogen-bond acceptors (Lipinski definition) is 5. The lowest BCUT2D eigenvalue weighted by Gasteiger charge is -2.11. The summed E-state index contributed by atoms with van der Waals surface area (Å²) < 4.78 is 10.5. The number of furan rings is 1. The molecule has 0 radical (unpaired) electrons. The third-order valence-electron chi connectivity index (χ3n) is 4.31. The van der Waals surface area contributed by atoms with Gasteiger partial charge in [-0.2, -0.15) is 0 Å². The highest BCUT2D eigenvalue weighted by atomic mass is 16.5. The zero-order valence-corrected chi connectivity index (χ0v) is 15.8. The first-order valence-corrected chi connectivity index (χ1v) is 8.92. The number of hydrogen-bond donors (Lipinski definition) is 2. The number of amides is 1. The van der Waals surface area contributed by atoms with Gasteiger partial charge in [-0.1, -0.05) is 18.2 Å². The number of aryl methyl sites for hydroxylation is 2. The van der Waals surface area contributed by atoms with Crippen molar-refractivity contribution in [2.75, 3.05) is 17.2 Å². The molecule has 0 unspecified atom stereocenters. The number of benzene rings is 2. The van der Waals surface area contributed by atoms with E-state index in [1.165, 1.54) is 0 Å². The molecule has 3 rings (SSSR count). The summed E-state index contributed by atoms with van der Waals surface area (Å²) >= 11 is 0. The monoisotopic (exact) mass is 378 g/mol. The van der Waals surface area contributed by atoms with Crippen molar-refractivity contribution in [3.8, 4) is 0 Å². The molecule has 1 heterocycles. The van der Waals surface area contributed by atoms with Gasteiger partial charge in [0.05, 0.1) is 18.4 Å². The number of nitrogens with one attached hydrogen (secondary N) is 2. The van der Waals surface area contributed by atoms with Crippen molar-refractivity contribution in [1.82, 2.24) is 0 Å². The van der Waals surface area contributed by atoms with Gasteiger partial charge in [0.2, 0.25) is 0 Å². The smallest absolute Gasteiger partial charge is 0.340 e. The molecule has 1 aromatic heterocycles. The summed E-state index contributed by atoms with van der Waals surface area (Å²) in [5.74, 6) is -0.216. The molecule has 0 saturated heterocycles. The summed E-state index contributed by atoms with van der Waals surface area (Å²) in [6.07, 6.45) is 1.59. The largest absolute Gasteiger partial charge is 0.467 e. The Morgan fingerprint density at radius 3 is 2.57 bits per heavy atom. The predicted octanol–water partition coefficient (Wildman–Crippen LogP) is 4.30. The van der Waals surface area contributed by atoms with Gasteiger partial charge in [-0.25, -0.2) is 4.79 Å². The first kappa shape index (κ1) is 19.2. The van der Waals surface area contributed by atoms with Crippen LogP contribution in [0.15, 0.2) is 65.3 Å². The van der Waals surface area contributed by atoms with Crippen molar-refractivity contribution >= 4 is 23.3 Å². The van der Waals surface area contributed by atoms with Gasteiger partial charge in [-0.05, 0) is 61.4 Å². The molecule has 0 atom stereocenters. The van der Waals surface area contributed by atoms with E-state index in [1.807, 2.05) is 44.2 Å². The van der Waals surface area contributed by atoms with Gasteiger partial charge in [0.15, 0.2) is 6.61 Å². The van der Waals surface area contributed by atoms with Crippen molar-refractivity contribution in [2.24, 2.45) is 0 Å². The van der Waals surface area contributed by atoms with E-state index in [0.29, 0.717) is 23.5 Å². The molecule has 3 aromatic rings. The summed E-state index contributed by atoms with van der Waals surface area (Å²) in [4.78, 5) is 24.5. The van der Waals surface area contributed by atoms with Crippen LogP contribution < -0.4 is 10.6 Å². The average molecular weight is 378 g/mol. The first-order chi connectivity index (χ1) is 13.5. The minimum absolute atomic E-state index is 0.355.